The lowest BCUT2D eigenvalue weighted by molar-refractivity contribution is -0.121. The standard InChI is InChI=1S/C11H19N3OS/c1-9-8-16-11(14-9)7-13-10(15)5-3-2-4-6-12/h8H,2-7,12H2,1H3,(H,13,15). The molecular weight excluding hydrogens is 222 g/mol. The predicted octanol–water partition coefficient (Wildman–Crippen LogP) is 1.59. The van der Waals surface area contributed by atoms with Gasteiger partial charge in [-0.1, -0.05) is 6.42 Å². The van der Waals surface area contributed by atoms with E-state index >= 15 is 0 Å². The lowest BCUT2D eigenvalue weighted by Crippen LogP contribution is -2.22. The van der Waals surface area contributed by atoms with Gasteiger partial charge in [0, 0.05) is 17.5 Å². The zero-order chi connectivity index (χ0) is 11.8. The van der Waals surface area contributed by atoms with E-state index in [9.17, 15) is 4.79 Å². The third-order valence-corrected chi connectivity index (χ3v) is 3.18. The molecule has 0 radical (unpaired) electrons. The summed E-state index contributed by atoms with van der Waals surface area (Å²) in [6.07, 6.45) is 3.53. The fourth-order valence-electron chi connectivity index (χ4n) is 1.35. The highest BCUT2D eigenvalue weighted by molar-refractivity contribution is 7.09. The van der Waals surface area contributed by atoms with E-state index in [-0.39, 0.29) is 5.91 Å². The van der Waals surface area contributed by atoms with Crippen LogP contribution < -0.4 is 11.1 Å². The van der Waals surface area contributed by atoms with Gasteiger partial charge in [0.2, 0.25) is 5.91 Å². The average Bonchev–Trinajstić information content (AvgIpc) is 2.68. The minimum Gasteiger partial charge on any atom is -0.350 e. The summed E-state index contributed by atoms with van der Waals surface area (Å²) in [4.78, 5) is 15.7. The topological polar surface area (TPSA) is 68.0 Å². The SMILES string of the molecule is Cc1csc(CNC(=O)CCCCCN)n1. The van der Waals surface area contributed by atoms with E-state index in [1.807, 2.05) is 12.3 Å². The van der Waals surface area contributed by atoms with Crippen molar-refractivity contribution in [1.82, 2.24) is 10.3 Å². The van der Waals surface area contributed by atoms with Crippen LogP contribution in [0.4, 0.5) is 0 Å². The molecule has 0 aliphatic rings. The van der Waals surface area contributed by atoms with Gasteiger partial charge in [-0.25, -0.2) is 4.98 Å². The molecule has 0 saturated carbocycles. The van der Waals surface area contributed by atoms with Gasteiger partial charge in [-0.15, -0.1) is 11.3 Å². The molecule has 0 bridgehead atoms. The van der Waals surface area contributed by atoms with Gasteiger partial charge >= 0.3 is 0 Å². The molecule has 0 aromatic carbocycles. The van der Waals surface area contributed by atoms with Gasteiger partial charge in [0.15, 0.2) is 0 Å². The third-order valence-electron chi connectivity index (χ3n) is 2.21. The van der Waals surface area contributed by atoms with Crippen LogP contribution in [-0.2, 0) is 11.3 Å². The van der Waals surface area contributed by atoms with Crippen molar-refractivity contribution in [3.05, 3.63) is 16.1 Å². The predicted molar refractivity (Wildman–Crippen MR) is 66.2 cm³/mol. The van der Waals surface area contributed by atoms with E-state index in [1.165, 1.54) is 0 Å². The fraction of sp³-hybridized carbons (Fsp3) is 0.636. The highest BCUT2D eigenvalue weighted by atomic mass is 32.1. The average molecular weight is 241 g/mol. The van der Waals surface area contributed by atoms with E-state index in [2.05, 4.69) is 10.3 Å². The van der Waals surface area contributed by atoms with Gasteiger partial charge in [-0.3, -0.25) is 4.79 Å². The Hall–Kier alpha value is -0.940. The number of unbranched alkanes of at least 4 members (excludes halogenated alkanes) is 2. The molecule has 3 N–H and O–H groups in total. The Morgan fingerprint density at radius 2 is 2.31 bits per heavy atom. The molecule has 5 heteroatoms. The second-order valence-electron chi connectivity index (χ2n) is 3.76. The van der Waals surface area contributed by atoms with Crippen LogP contribution in [0.5, 0.6) is 0 Å². The molecule has 1 aromatic heterocycles. The van der Waals surface area contributed by atoms with Gasteiger partial charge in [-0.05, 0) is 26.3 Å². The summed E-state index contributed by atoms with van der Waals surface area (Å²) >= 11 is 1.58. The number of aryl methyl sites for hydroxylation is 1. The van der Waals surface area contributed by atoms with Crippen molar-refractivity contribution in [1.29, 1.82) is 0 Å². The number of amides is 1. The van der Waals surface area contributed by atoms with E-state index in [0.717, 1.165) is 30.0 Å². The number of thiazole rings is 1. The van der Waals surface area contributed by atoms with Crippen molar-refractivity contribution in [2.24, 2.45) is 5.73 Å². The Morgan fingerprint density at radius 1 is 1.50 bits per heavy atom. The smallest absolute Gasteiger partial charge is 0.220 e. The van der Waals surface area contributed by atoms with Crippen LogP contribution in [0.15, 0.2) is 5.38 Å². The summed E-state index contributed by atoms with van der Waals surface area (Å²) in [5.74, 6) is 0.102. The summed E-state index contributed by atoms with van der Waals surface area (Å²) in [6, 6.07) is 0. The molecule has 1 rings (SSSR count). The Balaban J connectivity index is 2.10. The van der Waals surface area contributed by atoms with E-state index in [4.69, 9.17) is 5.73 Å². The zero-order valence-corrected chi connectivity index (χ0v) is 10.5. The van der Waals surface area contributed by atoms with E-state index in [1.54, 1.807) is 11.3 Å². The summed E-state index contributed by atoms with van der Waals surface area (Å²) in [5.41, 5.74) is 6.39. The highest BCUT2D eigenvalue weighted by Gasteiger charge is 2.03. The van der Waals surface area contributed by atoms with Crippen molar-refractivity contribution in [3.8, 4) is 0 Å². The number of hydrogen-bond donors (Lipinski definition) is 2. The Morgan fingerprint density at radius 3 is 2.94 bits per heavy atom. The fourth-order valence-corrected chi connectivity index (χ4v) is 2.06. The van der Waals surface area contributed by atoms with Crippen LogP contribution >= 0.6 is 11.3 Å². The molecule has 1 amide bonds. The van der Waals surface area contributed by atoms with Crippen LogP contribution in [0.3, 0.4) is 0 Å². The van der Waals surface area contributed by atoms with Crippen LogP contribution in [0.2, 0.25) is 0 Å². The van der Waals surface area contributed by atoms with Crippen LogP contribution in [-0.4, -0.2) is 17.4 Å². The number of rotatable bonds is 7. The number of carbonyl (C=O) groups excluding carboxylic acids is 1. The minimum absolute atomic E-state index is 0.102. The number of aromatic nitrogens is 1. The molecule has 4 nitrogen and oxygen atoms in total. The van der Waals surface area contributed by atoms with Gasteiger partial charge < -0.3 is 11.1 Å². The normalized spacial score (nSPS) is 10.4. The number of nitrogens with two attached hydrogens (primary N) is 1. The zero-order valence-electron chi connectivity index (χ0n) is 9.66. The maximum Gasteiger partial charge on any atom is 0.220 e. The first kappa shape index (κ1) is 13.1. The largest absolute Gasteiger partial charge is 0.350 e. The van der Waals surface area contributed by atoms with Gasteiger partial charge in [0.25, 0.3) is 0 Å². The van der Waals surface area contributed by atoms with Crippen molar-refractivity contribution < 1.29 is 4.79 Å². The molecule has 0 aliphatic carbocycles. The molecule has 0 saturated heterocycles. The third kappa shape index (κ3) is 5.23. The first-order valence-electron chi connectivity index (χ1n) is 5.60. The summed E-state index contributed by atoms with van der Waals surface area (Å²) in [7, 11) is 0. The molecule has 1 heterocycles. The monoisotopic (exact) mass is 241 g/mol. The van der Waals surface area contributed by atoms with Gasteiger partial charge in [0.1, 0.15) is 5.01 Å². The van der Waals surface area contributed by atoms with Crippen molar-refractivity contribution >= 4 is 17.2 Å². The maximum atomic E-state index is 11.4. The lowest BCUT2D eigenvalue weighted by atomic mass is 10.2. The number of hydrogen-bond acceptors (Lipinski definition) is 4. The lowest BCUT2D eigenvalue weighted by Gasteiger charge is -2.02. The second-order valence-corrected chi connectivity index (χ2v) is 4.70. The van der Waals surface area contributed by atoms with Gasteiger partial charge in [-0.2, -0.15) is 0 Å². The van der Waals surface area contributed by atoms with Crippen molar-refractivity contribution in [3.63, 3.8) is 0 Å². The summed E-state index contributed by atoms with van der Waals surface area (Å²) in [5, 5.41) is 5.82. The molecule has 0 spiro atoms. The van der Waals surface area contributed by atoms with Crippen molar-refractivity contribution in [2.75, 3.05) is 6.54 Å². The highest BCUT2D eigenvalue weighted by Crippen LogP contribution is 2.08. The second kappa shape index (κ2) is 7.35. The molecule has 0 atom stereocenters. The van der Waals surface area contributed by atoms with Crippen LogP contribution in [0, 0.1) is 6.92 Å². The van der Waals surface area contributed by atoms with Gasteiger partial charge in [0.05, 0.1) is 6.54 Å². The number of nitrogens with zero attached hydrogens (tertiary/aromatic N) is 1. The number of carbonyl (C=O) groups is 1. The quantitative estimate of drug-likeness (QED) is 0.712. The summed E-state index contributed by atoms with van der Waals surface area (Å²) < 4.78 is 0. The molecule has 90 valence electrons. The van der Waals surface area contributed by atoms with Crippen LogP contribution in [0.25, 0.3) is 0 Å². The first-order chi connectivity index (χ1) is 7.72. The molecular formula is C11H19N3OS. The van der Waals surface area contributed by atoms with E-state index < -0.39 is 0 Å². The molecule has 0 aliphatic heterocycles. The Labute approximate surface area is 100 Å². The molecule has 16 heavy (non-hydrogen) atoms. The molecule has 0 fully saturated rings. The maximum absolute atomic E-state index is 11.4. The molecule has 0 unspecified atom stereocenters. The van der Waals surface area contributed by atoms with Crippen LogP contribution in [0.1, 0.15) is 36.4 Å². The van der Waals surface area contributed by atoms with E-state index in [0.29, 0.717) is 19.5 Å². The number of nitrogens with one attached hydrogen (secondary N) is 1. The summed E-state index contributed by atoms with van der Waals surface area (Å²) in [6.45, 7) is 3.21. The minimum atomic E-state index is 0.102. The van der Waals surface area contributed by atoms with Crippen molar-refractivity contribution in [2.45, 2.75) is 39.2 Å². The molecule has 1 aromatic rings. The Kier molecular flexibility index (Phi) is 6.03. The Bertz CT molecular complexity index is 325. The first-order valence-corrected chi connectivity index (χ1v) is 6.48.